The van der Waals surface area contributed by atoms with E-state index < -0.39 is 0 Å². The van der Waals surface area contributed by atoms with E-state index in [0.29, 0.717) is 12.5 Å². The fraction of sp³-hybridized carbons (Fsp3) is 0.318. The third kappa shape index (κ3) is 3.25. The van der Waals surface area contributed by atoms with Crippen LogP contribution in [-0.2, 0) is 26.4 Å². The Balaban J connectivity index is 1.45. The van der Waals surface area contributed by atoms with Gasteiger partial charge in [0.15, 0.2) is 0 Å². The average molecular weight is 406 g/mol. The third-order valence-electron chi connectivity index (χ3n) is 5.68. The minimum atomic E-state index is 0.0317. The molecule has 148 valence electrons. The SMILES string of the molecule is Cc1ccccc1Cn1cc(Nc2nc3sc4c(c3c(=O)n2C)CCCC4)cn1. The Morgan fingerprint density at radius 2 is 2.03 bits per heavy atom. The van der Waals surface area contributed by atoms with Crippen LogP contribution in [0.15, 0.2) is 41.5 Å². The molecule has 7 heteroatoms. The monoisotopic (exact) mass is 405 g/mol. The molecule has 1 aromatic carbocycles. The van der Waals surface area contributed by atoms with Crippen molar-refractivity contribution in [3.05, 3.63) is 68.6 Å². The van der Waals surface area contributed by atoms with E-state index in [2.05, 4.69) is 29.5 Å². The number of hydrogen-bond acceptors (Lipinski definition) is 5. The average Bonchev–Trinajstić information content (AvgIpc) is 3.31. The number of benzene rings is 1. The maximum Gasteiger partial charge on any atom is 0.263 e. The van der Waals surface area contributed by atoms with Crippen molar-refractivity contribution >= 4 is 33.2 Å². The number of rotatable bonds is 4. The summed E-state index contributed by atoms with van der Waals surface area (Å²) in [6.07, 6.45) is 8.13. The fourth-order valence-corrected chi connectivity index (χ4v) is 5.26. The summed E-state index contributed by atoms with van der Waals surface area (Å²) in [5.41, 5.74) is 4.56. The number of aromatic nitrogens is 4. The lowest BCUT2D eigenvalue weighted by molar-refractivity contribution is 0.684. The molecule has 0 fully saturated rings. The maximum absolute atomic E-state index is 13.0. The molecule has 1 aliphatic rings. The number of thiophene rings is 1. The molecule has 0 radical (unpaired) electrons. The summed E-state index contributed by atoms with van der Waals surface area (Å²) >= 11 is 1.67. The Kier molecular flexibility index (Phi) is 4.47. The van der Waals surface area contributed by atoms with Gasteiger partial charge in [-0.05, 0) is 49.3 Å². The van der Waals surface area contributed by atoms with Gasteiger partial charge >= 0.3 is 0 Å². The highest BCUT2D eigenvalue weighted by Gasteiger charge is 2.21. The summed E-state index contributed by atoms with van der Waals surface area (Å²) in [6.45, 7) is 2.81. The summed E-state index contributed by atoms with van der Waals surface area (Å²) in [4.78, 5) is 20.0. The Morgan fingerprint density at radius 1 is 1.21 bits per heavy atom. The minimum Gasteiger partial charge on any atom is -0.323 e. The number of hydrogen-bond donors (Lipinski definition) is 1. The lowest BCUT2D eigenvalue weighted by Gasteiger charge is -2.11. The first-order chi connectivity index (χ1) is 14.1. The summed E-state index contributed by atoms with van der Waals surface area (Å²) in [5, 5.41) is 8.55. The van der Waals surface area contributed by atoms with Crippen molar-refractivity contribution in [2.24, 2.45) is 7.05 Å². The summed E-state index contributed by atoms with van der Waals surface area (Å²) in [6, 6.07) is 8.30. The smallest absolute Gasteiger partial charge is 0.263 e. The van der Waals surface area contributed by atoms with Gasteiger partial charge in [0.2, 0.25) is 5.95 Å². The topological polar surface area (TPSA) is 64.7 Å². The highest BCUT2D eigenvalue weighted by atomic mass is 32.1. The van der Waals surface area contributed by atoms with E-state index in [1.807, 2.05) is 23.0 Å². The molecule has 3 heterocycles. The molecule has 4 aromatic rings. The standard InChI is InChI=1S/C22H23N5OS/c1-14-7-3-4-8-15(14)12-27-13-16(11-23-27)24-22-25-20-19(21(28)26(22)2)17-9-5-6-10-18(17)29-20/h3-4,7-8,11,13H,5-6,9-10,12H2,1-2H3,(H,24,25). The van der Waals surface area contributed by atoms with Crippen molar-refractivity contribution in [1.29, 1.82) is 0 Å². The van der Waals surface area contributed by atoms with Gasteiger partial charge in [-0.2, -0.15) is 5.10 Å². The van der Waals surface area contributed by atoms with Gasteiger partial charge in [-0.1, -0.05) is 24.3 Å². The zero-order valence-electron chi connectivity index (χ0n) is 16.6. The van der Waals surface area contributed by atoms with Crippen LogP contribution in [0.25, 0.3) is 10.2 Å². The Morgan fingerprint density at radius 3 is 2.90 bits per heavy atom. The van der Waals surface area contributed by atoms with E-state index in [1.165, 1.54) is 28.0 Å². The van der Waals surface area contributed by atoms with Gasteiger partial charge in [-0.25, -0.2) is 4.98 Å². The van der Waals surface area contributed by atoms with Crippen LogP contribution >= 0.6 is 11.3 Å². The molecule has 0 unspecified atom stereocenters. The van der Waals surface area contributed by atoms with E-state index in [0.717, 1.165) is 35.2 Å². The first kappa shape index (κ1) is 18.1. The van der Waals surface area contributed by atoms with Crippen LogP contribution in [-0.4, -0.2) is 19.3 Å². The number of aryl methyl sites for hydroxylation is 3. The number of fused-ring (bicyclic) bond motifs is 3. The van der Waals surface area contributed by atoms with Crippen LogP contribution in [0.1, 0.15) is 34.4 Å². The van der Waals surface area contributed by atoms with Gasteiger partial charge in [-0.3, -0.25) is 14.0 Å². The molecule has 0 amide bonds. The van der Waals surface area contributed by atoms with Crippen LogP contribution in [0.5, 0.6) is 0 Å². The molecular formula is C22H23N5OS. The second kappa shape index (κ2) is 7.15. The molecule has 0 bridgehead atoms. The van der Waals surface area contributed by atoms with Crippen molar-refractivity contribution in [2.75, 3.05) is 5.32 Å². The lowest BCUT2D eigenvalue weighted by Crippen LogP contribution is -2.21. The molecule has 6 nitrogen and oxygen atoms in total. The van der Waals surface area contributed by atoms with Crippen molar-refractivity contribution in [1.82, 2.24) is 19.3 Å². The largest absolute Gasteiger partial charge is 0.323 e. The van der Waals surface area contributed by atoms with E-state index in [1.54, 1.807) is 29.1 Å². The zero-order chi connectivity index (χ0) is 20.0. The first-order valence-corrected chi connectivity index (χ1v) is 10.8. The summed E-state index contributed by atoms with van der Waals surface area (Å²) < 4.78 is 3.51. The van der Waals surface area contributed by atoms with Gasteiger partial charge in [0.1, 0.15) is 4.83 Å². The van der Waals surface area contributed by atoms with E-state index in [-0.39, 0.29) is 5.56 Å². The van der Waals surface area contributed by atoms with Crippen molar-refractivity contribution in [3.8, 4) is 0 Å². The molecule has 0 aliphatic heterocycles. The van der Waals surface area contributed by atoms with Crippen LogP contribution in [0.4, 0.5) is 11.6 Å². The van der Waals surface area contributed by atoms with E-state index >= 15 is 0 Å². The molecule has 0 saturated heterocycles. The predicted molar refractivity (Wildman–Crippen MR) is 117 cm³/mol. The molecule has 3 aromatic heterocycles. The molecule has 0 spiro atoms. The Labute approximate surface area is 172 Å². The van der Waals surface area contributed by atoms with Gasteiger partial charge in [-0.15, -0.1) is 11.3 Å². The van der Waals surface area contributed by atoms with E-state index in [9.17, 15) is 4.79 Å². The molecule has 0 atom stereocenters. The lowest BCUT2D eigenvalue weighted by atomic mass is 9.97. The molecule has 29 heavy (non-hydrogen) atoms. The summed E-state index contributed by atoms with van der Waals surface area (Å²) in [5.74, 6) is 0.552. The first-order valence-electron chi connectivity index (χ1n) is 9.95. The van der Waals surface area contributed by atoms with Crippen LogP contribution in [0, 0.1) is 6.92 Å². The second-order valence-electron chi connectivity index (χ2n) is 7.67. The quantitative estimate of drug-likeness (QED) is 0.553. The van der Waals surface area contributed by atoms with Crippen molar-refractivity contribution in [2.45, 2.75) is 39.2 Å². The van der Waals surface area contributed by atoms with Crippen LogP contribution < -0.4 is 10.9 Å². The Hall–Kier alpha value is -2.93. The Bertz CT molecular complexity index is 1270. The number of anilines is 2. The minimum absolute atomic E-state index is 0.0317. The number of nitrogens with zero attached hydrogens (tertiary/aromatic N) is 4. The molecule has 5 rings (SSSR count). The molecular weight excluding hydrogens is 382 g/mol. The van der Waals surface area contributed by atoms with E-state index in [4.69, 9.17) is 4.98 Å². The molecule has 1 N–H and O–H groups in total. The predicted octanol–water partition coefficient (Wildman–Crippen LogP) is 4.17. The second-order valence-corrected chi connectivity index (χ2v) is 8.75. The third-order valence-corrected chi connectivity index (χ3v) is 6.87. The van der Waals surface area contributed by atoms with Crippen LogP contribution in [0.3, 0.4) is 0 Å². The van der Waals surface area contributed by atoms with Gasteiger partial charge < -0.3 is 5.32 Å². The number of nitrogens with one attached hydrogen (secondary N) is 1. The van der Waals surface area contributed by atoms with Crippen LogP contribution in [0.2, 0.25) is 0 Å². The molecule has 0 saturated carbocycles. The van der Waals surface area contributed by atoms with Gasteiger partial charge in [0.25, 0.3) is 5.56 Å². The normalized spacial score (nSPS) is 13.6. The molecule has 1 aliphatic carbocycles. The van der Waals surface area contributed by atoms with Crippen molar-refractivity contribution < 1.29 is 0 Å². The summed E-state index contributed by atoms with van der Waals surface area (Å²) in [7, 11) is 1.78. The maximum atomic E-state index is 13.0. The fourth-order valence-electron chi connectivity index (χ4n) is 4.00. The zero-order valence-corrected chi connectivity index (χ0v) is 17.4. The van der Waals surface area contributed by atoms with Gasteiger partial charge in [0.05, 0.1) is 23.8 Å². The van der Waals surface area contributed by atoms with Crippen molar-refractivity contribution in [3.63, 3.8) is 0 Å². The van der Waals surface area contributed by atoms with Gasteiger partial charge in [0, 0.05) is 18.1 Å². The highest BCUT2D eigenvalue weighted by molar-refractivity contribution is 7.18. The highest BCUT2D eigenvalue weighted by Crippen LogP contribution is 2.34.